The third-order valence-electron chi connectivity index (χ3n) is 3.69. The molecule has 0 aromatic heterocycles. The van der Waals surface area contributed by atoms with E-state index in [4.69, 9.17) is 14.2 Å². The van der Waals surface area contributed by atoms with E-state index < -0.39 is 49.5 Å². The van der Waals surface area contributed by atoms with Gasteiger partial charge in [0.15, 0.2) is 0 Å². The van der Waals surface area contributed by atoms with Crippen molar-refractivity contribution >= 4 is 29.8 Å². The highest BCUT2D eigenvalue weighted by Gasteiger charge is 2.23. The van der Waals surface area contributed by atoms with E-state index in [-0.39, 0.29) is 16.7 Å². The van der Waals surface area contributed by atoms with Gasteiger partial charge in [-0.2, -0.15) is 0 Å². The molecule has 0 N–H and O–H groups in total. The molecule has 1 atom stereocenters. The van der Waals surface area contributed by atoms with Crippen LogP contribution < -0.4 is 0 Å². The van der Waals surface area contributed by atoms with Crippen molar-refractivity contribution in [3.05, 3.63) is 60.2 Å². The lowest BCUT2D eigenvalue weighted by atomic mass is 10.0. The lowest BCUT2D eigenvalue weighted by molar-refractivity contribution is -0.147. The fourth-order valence-corrected chi connectivity index (χ4v) is 1.91. The highest BCUT2D eigenvalue weighted by Crippen LogP contribution is 2.17. The van der Waals surface area contributed by atoms with Crippen molar-refractivity contribution in [1.82, 2.24) is 0 Å². The van der Waals surface area contributed by atoms with Gasteiger partial charge in [0.05, 0.1) is 22.8 Å². The molecule has 0 saturated carbocycles. The fraction of sp³-hybridized carbons (Fsp3) is 0.286. The summed E-state index contributed by atoms with van der Waals surface area (Å²) in [7, 11) is 0. The van der Waals surface area contributed by atoms with Crippen LogP contribution in [0.2, 0.25) is 0 Å². The van der Waals surface area contributed by atoms with Crippen LogP contribution in [-0.2, 0) is 33.3 Å². The number of hydrogen-bond donors (Lipinski definition) is 0. The van der Waals surface area contributed by atoms with Gasteiger partial charge >= 0.3 is 29.8 Å². The lowest BCUT2D eigenvalue weighted by Gasteiger charge is -2.14. The van der Waals surface area contributed by atoms with E-state index in [0.717, 1.165) is 18.2 Å². The molecule has 0 bridgehead atoms. The van der Waals surface area contributed by atoms with Gasteiger partial charge in [-0.3, -0.25) is 0 Å². The second-order valence-electron chi connectivity index (χ2n) is 5.82. The third-order valence-corrected chi connectivity index (χ3v) is 3.69. The summed E-state index contributed by atoms with van der Waals surface area (Å²) in [6.07, 6.45) is 1.88. The molecule has 1 rings (SSSR count). The van der Waals surface area contributed by atoms with Gasteiger partial charge < -0.3 is 23.7 Å². The van der Waals surface area contributed by atoms with Gasteiger partial charge in [-0.25, -0.2) is 24.0 Å². The summed E-state index contributed by atoms with van der Waals surface area (Å²) in [5, 5.41) is 0. The van der Waals surface area contributed by atoms with Crippen LogP contribution in [0, 0.1) is 0 Å². The normalized spacial score (nSPS) is 10.8. The maximum absolute atomic E-state index is 12.4. The Morgan fingerprint density at radius 1 is 0.839 bits per heavy atom. The molecule has 0 radical (unpaired) electrons. The van der Waals surface area contributed by atoms with Crippen LogP contribution in [0.3, 0.4) is 0 Å². The summed E-state index contributed by atoms with van der Waals surface area (Å²) in [6, 6.07) is 3.45. The Hall–Kier alpha value is -3.95. The van der Waals surface area contributed by atoms with Crippen LogP contribution >= 0.6 is 0 Å². The van der Waals surface area contributed by atoms with E-state index in [1.165, 1.54) is 12.1 Å². The standard InChI is InChI=1S/C21H22O10/c1-5-13(4)31-21(26)15-9-8-14(19(24)29-11-27-17(22)6-2)10-16(15)20(25)30-12-28-18(23)7-3/h6-10,13H,2-3,5,11-12H2,1,4H3. The predicted molar refractivity (Wildman–Crippen MR) is 105 cm³/mol. The maximum atomic E-state index is 12.4. The zero-order valence-electron chi connectivity index (χ0n) is 17.1. The van der Waals surface area contributed by atoms with Gasteiger partial charge in [0, 0.05) is 12.2 Å². The fourth-order valence-electron chi connectivity index (χ4n) is 1.91. The lowest BCUT2D eigenvalue weighted by Crippen LogP contribution is -2.20. The number of esters is 5. The molecule has 0 amide bonds. The highest BCUT2D eigenvalue weighted by molar-refractivity contribution is 6.05. The molecule has 0 heterocycles. The van der Waals surface area contributed by atoms with E-state index in [9.17, 15) is 24.0 Å². The molecule has 1 aromatic rings. The summed E-state index contributed by atoms with van der Waals surface area (Å²) in [5.41, 5.74) is -0.625. The second kappa shape index (κ2) is 12.6. The Morgan fingerprint density at radius 2 is 1.39 bits per heavy atom. The number of rotatable bonds is 11. The maximum Gasteiger partial charge on any atom is 0.341 e. The molecular weight excluding hydrogens is 412 g/mol. The number of hydrogen-bond acceptors (Lipinski definition) is 10. The van der Waals surface area contributed by atoms with E-state index in [1.807, 2.05) is 0 Å². The van der Waals surface area contributed by atoms with Crippen molar-refractivity contribution < 1.29 is 47.7 Å². The van der Waals surface area contributed by atoms with Crippen molar-refractivity contribution in [3.8, 4) is 0 Å². The molecule has 10 heteroatoms. The molecule has 166 valence electrons. The Balaban J connectivity index is 3.07. The quantitative estimate of drug-likeness (QED) is 0.221. The zero-order valence-corrected chi connectivity index (χ0v) is 17.1. The minimum Gasteiger partial charge on any atom is -0.459 e. The summed E-state index contributed by atoms with van der Waals surface area (Å²) in [5.74, 6) is -4.43. The Morgan fingerprint density at radius 3 is 1.90 bits per heavy atom. The van der Waals surface area contributed by atoms with E-state index in [0.29, 0.717) is 6.42 Å². The molecule has 0 fully saturated rings. The van der Waals surface area contributed by atoms with Gasteiger partial charge in [-0.15, -0.1) is 0 Å². The van der Waals surface area contributed by atoms with E-state index in [2.05, 4.69) is 22.6 Å². The Labute approximate surface area is 178 Å². The highest BCUT2D eigenvalue weighted by atomic mass is 16.7. The number of carbonyl (C=O) groups is 5. The largest absolute Gasteiger partial charge is 0.459 e. The van der Waals surface area contributed by atoms with Gasteiger partial charge in [-0.1, -0.05) is 20.1 Å². The van der Waals surface area contributed by atoms with E-state index >= 15 is 0 Å². The van der Waals surface area contributed by atoms with Crippen molar-refractivity contribution in [1.29, 1.82) is 0 Å². The van der Waals surface area contributed by atoms with Crippen LogP contribution in [0.1, 0.15) is 51.3 Å². The predicted octanol–water partition coefficient (Wildman–Crippen LogP) is 2.33. The average Bonchev–Trinajstić information content (AvgIpc) is 2.77. The summed E-state index contributed by atoms with van der Waals surface area (Å²) in [4.78, 5) is 59.1. The third kappa shape index (κ3) is 8.13. The summed E-state index contributed by atoms with van der Waals surface area (Å²) in [6.45, 7) is 8.44. The van der Waals surface area contributed by atoms with Crippen LogP contribution in [0.25, 0.3) is 0 Å². The molecule has 1 aromatic carbocycles. The molecule has 0 spiro atoms. The van der Waals surface area contributed by atoms with Crippen LogP contribution in [-0.4, -0.2) is 49.5 Å². The van der Waals surface area contributed by atoms with Crippen molar-refractivity contribution in [2.45, 2.75) is 26.4 Å². The number of ether oxygens (including phenoxy) is 5. The Kier molecular flexibility index (Phi) is 10.2. The first-order valence-electron chi connectivity index (χ1n) is 9.01. The SMILES string of the molecule is C=CC(=O)OCOC(=O)c1ccc(C(=O)OC(C)CC)c(C(=O)OCOC(=O)C=C)c1. The molecular formula is C21H22O10. The smallest absolute Gasteiger partial charge is 0.341 e. The van der Waals surface area contributed by atoms with Crippen LogP contribution in [0.15, 0.2) is 43.5 Å². The Bertz CT molecular complexity index is 871. The number of benzene rings is 1. The molecule has 0 aliphatic carbocycles. The van der Waals surface area contributed by atoms with Gasteiger partial charge in [0.1, 0.15) is 0 Å². The second-order valence-corrected chi connectivity index (χ2v) is 5.82. The van der Waals surface area contributed by atoms with Crippen LogP contribution in [0.5, 0.6) is 0 Å². The van der Waals surface area contributed by atoms with Crippen molar-refractivity contribution in [2.24, 2.45) is 0 Å². The molecule has 10 nitrogen and oxygen atoms in total. The molecule has 0 aliphatic rings. The van der Waals surface area contributed by atoms with E-state index in [1.54, 1.807) is 13.8 Å². The topological polar surface area (TPSA) is 132 Å². The van der Waals surface area contributed by atoms with Crippen molar-refractivity contribution in [2.75, 3.05) is 13.6 Å². The van der Waals surface area contributed by atoms with Crippen LogP contribution in [0.4, 0.5) is 0 Å². The molecule has 0 saturated heterocycles. The van der Waals surface area contributed by atoms with Crippen molar-refractivity contribution in [3.63, 3.8) is 0 Å². The molecule has 31 heavy (non-hydrogen) atoms. The monoisotopic (exact) mass is 434 g/mol. The molecule has 1 unspecified atom stereocenters. The first kappa shape index (κ1) is 25.1. The first-order valence-corrected chi connectivity index (χ1v) is 9.01. The zero-order chi connectivity index (χ0) is 23.4. The minimum absolute atomic E-state index is 0.134. The summed E-state index contributed by atoms with van der Waals surface area (Å²) < 4.78 is 23.9. The minimum atomic E-state index is -1.05. The van der Waals surface area contributed by atoms with Gasteiger partial charge in [0.2, 0.25) is 13.6 Å². The number of carbonyl (C=O) groups excluding carboxylic acids is 5. The summed E-state index contributed by atoms with van der Waals surface area (Å²) >= 11 is 0. The first-order chi connectivity index (χ1) is 14.7. The van der Waals surface area contributed by atoms with Gasteiger partial charge in [-0.05, 0) is 31.5 Å². The van der Waals surface area contributed by atoms with Gasteiger partial charge in [0.25, 0.3) is 0 Å². The molecule has 0 aliphatic heterocycles. The average molecular weight is 434 g/mol.